The molecule has 25 heavy (non-hydrogen) atoms. The third-order valence-electron chi connectivity index (χ3n) is 4.06. The molecule has 4 nitrogen and oxygen atoms in total. The minimum absolute atomic E-state index is 0.0734. The fourth-order valence-electron chi connectivity index (χ4n) is 2.78. The number of hydrogen-bond acceptors (Lipinski definition) is 3. The Morgan fingerprint density at radius 2 is 1.68 bits per heavy atom. The first-order valence-electron chi connectivity index (χ1n) is 7.91. The Kier molecular flexibility index (Phi) is 5.08. The molecular formula is C17H16F4N2O2. The highest BCUT2D eigenvalue weighted by Gasteiger charge is 2.23. The van der Waals surface area contributed by atoms with E-state index < -0.39 is 34.9 Å². The lowest BCUT2D eigenvalue weighted by Crippen LogP contribution is -2.28. The van der Waals surface area contributed by atoms with Gasteiger partial charge in [0.05, 0.1) is 6.54 Å². The van der Waals surface area contributed by atoms with Gasteiger partial charge < -0.3 is 9.73 Å². The largest absolute Gasteiger partial charge is 0.455 e. The Morgan fingerprint density at radius 1 is 1.04 bits per heavy atom. The molecule has 2 heterocycles. The maximum Gasteiger partial charge on any atom is 0.291 e. The summed E-state index contributed by atoms with van der Waals surface area (Å²) in [7, 11) is 0. The van der Waals surface area contributed by atoms with E-state index in [1.807, 2.05) is 5.32 Å². The van der Waals surface area contributed by atoms with E-state index >= 15 is 0 Å². The Balaban J connectivity index is 1.72. The number of carbonyl (C=O) groups excluding carboxylic acids is 1. The molecule has 1 fully saturated rings. The lowest BCUT2D eigenvalue weighted by Gasteiger charge is -2.25. The highest BCUT2D eigenvalue weighted by molar-refractivity contribution is 6.02. The summed E-state index contributed by atoms with van der Waals surface area (Å²) in [5.41, 5.74) is -1.18. The first-order chi connectivity index (χ1) is 12.0. The minimum atomic E-state index is -1.67. The summed E-state index contributed by atoms with van der Waals surface area (Å²) in [4.78, 5) is 14.2. The van der Waals surface area contributed by atoms with Crippen molar-refractivity contribution in [3.05, 3.63) is 53.0 Å². The number of carbonyl (C=O) groups is 1. The fraction of sp³-hybridized carbons (Fsp3) is 0.353. The van der Waals surface area contributed by atoms with E-state index in [2.05, 4.69) is 4.90 Å². The van der Waals surface area contributed by atoms with E-state index in [1.54, 1.807) is 6.07 Å². The number of halogens is 4. The molecule has 134 valence electrons. The van der Waals surface area contributed by atoms with Gasteiger partial charge in [0.1, 0.15) is 11.4 Å². The van der Waals surface area contributed by atoms with Crippen LogP contribution < -0.4 is 5.32 Å². The average Bonchev–Trinajstić information content (AvgIpc) is 3.06. The Bertz CT molecular complexity index is 759. The summed E-state index contributed by atoms with van der Waals surface area (Å²) >= 11 is 0. The molecular weight excluding hydrogens is 340 g/mol. The van der Waals surface area contributed by atoms with Gasteiger partial charge in [0.25, 0.3) is 5.91 Å². The van der Waals surface area contributed by atoms with Crippen molar-refractivity contribution >= 4 is 11.6 Å². The van der Waals surface area contributed by atoms with Crippen molar-refractivity contribution in [2.45, 2.75) is 25.8 Å². The molecule has 1 N–H and O–H groups in total. The maximum atomic E-state index is 13.6. The zero-order valence-electron chi connectivity index (χ0n) is 13.3. The van der Waals surface area contributed by atoms with E-state index in [0.717, 1.165) is 25.9 Å². The van der Waals surface area contributed by atoms with Gasteiger partial charge in [-0.05, 0) is 38.1 Å². The predicted octanol–water partition coefficient (Wildman–Crippen LogP) is 4.07. The molecule has 1 aliphatic rings. The van der Waals surface area contributed by atoms with Gasteiger partial charge in [0.2, 0.25) is 0 Å². The maximum absolute atomic E-state index is 13.6. The van der Waals surface area contributed by atoms with E-state index in [9.17, 15) is 22.4 Å². The topological polar surface area (TPSA) is 45.5 Å². The monoisotopic (exact) mass is 356 g/mol. The van der Waals surface area contributed by atoms with Crippen LogP contribution in [-0.2, 0) is 6.54 Å². The smallest absolute Gasteiger partial charge is 0.291 e. The summed E-state index contributed by atoms with van der Waals surface area (Å²) in [6.45, 7) is 2.38. The first-order valence-corrected chi connectivity index (χ1v) is 7.91. The zero-order valence-corrected chi connectivity index (χ0v) is 13.3. The standard InChI is InChI=1S/C17H16F4N2O2/c18-11-8-12(19)15(21)16(14(11)20)22-17(24)13-5-4-10(25-13)9-23-6-2-1-3-7-23/h4-5,8H,1-3,6-7,9H2,(H,22,24). The number of furan rings is 1. The number of nitrogens with zero attached hydrogens (tertiary/aromatic N) is 1. The van der Waals surface area contributed by atoms with Crippen LogP contribution in [0.5, 0.6) is 0 Å². The van der Waals surface area contributed by atoms with Gasteiger partial charge in [-0.3, -0.25) is 9.69 Å². The van der Waals surface area contributed by atoms with Crippen LogP contribution in [-0.4, -0.2) is 23.9 Å². The second kappa shape index (κ2) is 7.26. The van der Waals surface area contributed by atoms with Gasteiger partial charge in [-0.25, -0.2) is 17.6 Å². The van der Waals surface area contributed by atoms with Crippen molar-refractivity contribution in [3.63, 3.8) is 0 Å². The van der Waals surface area contributed by atoms with Gasteiger partial charge in [-0.1, -0.05) is 6.42 Å². The van der Waals surface area contributed by atoms with Crippen LogP contribution in [0.3, 0.4) is 0 Å². The summed E-state index contributed by atoms with van der Waals surface area (Å²) in [5.74, 6) is -7.21. The van der Waals surface area contributed by atoms with E-state index in [0.29, 0.717) is 12.3 Å². The van der Waals surface area contributed by atoms with E-state index in [1.165, 1.54) is 12.5 Å². The molecule has 2 aromatic rings. The van der Waals surface area contributed by atoms with Crippen molar-refractivity contribution < 1.29 is 26.8 Å². The molecule has 1 amide bonds. The second-order valence-electron chi connectivity index (χ2n) is 5.90. The molecule has 0 aliphatic carbocycles. The van der Waals surface area contributed by atoms with E-state index in [-0.39, 0.29) is 11.8 Å². The highest BCUT2D eigenvalue weighted by Crippen LogP contribution is 2.25. The molecule has 1 saturated heterocycles. The summed E-state index contributed by atoms with van der Waals surface area (Å²) in [5, 5.41) is 1.82. The van der Waals surface area contributed by atoms with Gasteiger partial charge in [-0.2, -0.15) is 0 Å². The Hall–Kier alpha value is -2.35. The number of hydrogen-bond donors (Lipinski definition) is 1. The molecule has 0 spiro atoms. The van der Waals surface area contributed by atoms with Crippen molar-refractivity contribution in [3.8, 4) is 0 Å². The second-order valence-corrected chi connectivity index (χ2v) is 5.90. The number of nitrogens with one attached hydrogen (secondary N) is 1. The first kappa shape index (κ1) is 17.5. The zero-order chi connectivity index (χ0) is 18.0. The number of amides is 1. The number of rotatable bonds is 4. The van der Waals surface area contributed by atoms with Crippen LogP contribution in [0.25, 0.3) is 0 Å². The SMILES string of the molecule is O=C(Nc1c(F)c(F)cc(F)c1F)c1ccc(CN2CCCCC2)o1. The quantitative estimate of drug-likeness (QED) is 0.663. The lowest BCUT2D eigenvalue weighted by atomic mass is 10.1. The lowest BCUT2D eigenvalue weighted by molar-refractivity contribution is 0.0991. The highest BCUT2D eigenvalue weighted by atomic mass is 19.2. The number of likely N-dealkylation sites (tertiary alicyclic amines) is 1. The van der Waals surface area contributed by atoms with Crippen molar-refractivity contribution in [1.82, 2.24) is 4.90 Å². The Morgan fingerprint density at radius 3 is 2.32 bits per heavy atom. The molecule has 1 aromatic heterocycles. The molecule has 0 saturated carbocycles. The molecule has 1 aromatic carbocycles. The van der Waals surface area contributed by atoms with Gasteiger partial charge in [-0.15, -0.1) is 0 Å². The van der Waals surface area contributed by atoms with Crippen LogP contribution in [0.1, 0.15) is 35.6 Å². The van der Waals surface area contributed by atoms with Crippen molar-refractivity contribution in [1.29, 1.82) is 0 Å². The molecule has 0 atom stereocenters. The van der Waals surface area contributed by atoms with Gasteiger partial charge in [0.15, 0.2) is 29.0 Å². The fourth-order valence-corrected chi connectivity index (χ4v) is 2.78. The van der Waals surface area contributed by atoms with Crippen molar-refractivity contribution in [2.75, 3.05) is 18.4 Å². The third-order valence-corrected chi connectivity index (χ3v) is 4.06. The number of anilines is 1. The van der Waals surface area contributed by atoms with Gasteiger partial charge in [0, 0.05) is 6.07 Å². The van der Waals surface area contributed by atoms with Gasteiger partial charge >= 0.3 is 0 Å². The number of piperidine rings is 1. The normalized spacial score (nSPS) is 15.4. The van der Waals surface area contributed by atoms with Crippen LogP contribution in [0.15, 0.2) is 22.6 Å². The van der Waals surface area contributed by atoms with Crippen molar-refractivity contribution in [2.24, 2.45) is 0 Å². The summed E-state index contributed by atoms with van der Waals surface area (Å²) in [6.07, 6.45) is 3.37. The molecule has 1 aliphatic heterocycles. The van der Waals surface area contributed by atoms with Crippen LogP contribution in [0.4, 0.5) is 23.2 Å². The van der Waals surface area contributed by atoms with Crippen LogP contribution in [0.2, 0.25) is 0 Å². The minimum Gasteiger partial charge on any atom is -0.455 e. The average molecular weight is 356 g/mol. The molecule has 0 bridgehead atoms. The number of benzene rings is 1. The Labute approximate surface area is 141 Å². The van der Waals surface area contributed by atoms with E-state index in [4.69, 9.17) is 4.42 Å². The third kappa shape index (κ3) is 3.84. The van der Waals surface area contributed by atoms with Crippen LogP contribution in [0, 0.1) is 23.3 Å². The summed E-state index contributed by atoms with van der Waals surface area (Å²) in [6, 6.07) is 3.01. The molecule has 3 rings (SSSR count). The van der Waals surface area contributed by atoms with Crippen LogP contribution >= 0.6 is 0 Å². The molecule has 0 radical (unpaired) electrons. The predicted molar refractivity (Wildman–Crippen MR) is 82.1 cm³/mol. The summed E-state index contributed by atoms with van der Waals surface area (Å²) < 4.78 is 58.9. The molecule has 0 unspecified atom stereocenters. The molecule has 8 heteroatoms.